The van der Waals surface area contributed by atoms with Gasteiger partial charge >= 0.3 is 0 Å². The Morgan fingerprint density at radius 3 is 2.29 bits per heavy atom. The SMILES string of the molecule is CC(=O)/C=C(C)/C=C/CC(C)CCCC(C)C. The maximum atomic E-state index is 10.8. The number of carbonyl (C=O) groups is 1. The summed E-state index contributed by atoms with van der Waals surface area (Å²) in [7, 11) is 0. The van der Waals surface area contributed by atoms with Crippen molar-refractivity contribution >= 4 is 5.78 Å². The lowest BCUT2D eigenvalue weighted by molar-refractivity contribution is -0.112. The van der Waals surface area contributed by atoms with E-state index < -0.39 is 0 Å². The van der Waals surface area contributed by atoms with Crippen LogP contribution in [0.1, 0.15) is 60.3 Å². The van der Waals surface area contributed by atoms with Crippen molar-refractivity contribution in [1.82, 2.24) is 0 Å². The molecule has 0 saturated heterocycles. The summed E-state index contributed by atoms with van der Waals surface area (Å²) < 4.78 is 0. The molecule has 17 heavy (non-hydrogen) atoms. The van der Waals surface area contributed by atoms with E-state index in [-0.39, 0.29) is 5.78 Å². The van der Waals surface area contributed by atoms with Crippen LogP contribution in [0.3, 0.4) is 0 Å². The molecule has 0 rings (SSSR count). The van der Waals surface area contributed by atoms with Gasteiger partial charge in [-0.2, -0.15) is 0 Å². The molecule has 1 unspecified atom stereocenters. The molecule has 0 radical (unpaired) electrons. The number of carbonyl (C=O) groups excluding carboxylic acids is 1. The lowest BCUT2D eigenvalue weighted by Gasteiger charge is -2.09. The zero-order valence-electron chi connectivity index (χ0n) is 12.1. The minimum Gasteiger partial charge on any atom is -0.295 e. The highest BCUT2D eigenvalue weighted by Crippen LogP contribution is 2.15. The summed E-state index contributed by atoms with van der Waals surface area (Å²) in [5.74, 6) is 1.69. The van der Waals surface area contributed by atoms with Crippen molar-refractivity contribution in [2.45, 2.75) is 60.3 Å². The summed E-state index contributed by atoms with van der Waals surface area (Å²) in [6.45, 7) is 10.4. The van der Waals surface area contributed by atoms with Gasteiger partial charge in [0.1, 0.15) is 0 Å². The van der Waals surface area contributed by atoms with E-state index in [4.69, 9.17) is 0 Å². The molecule has 0 aliphatic heterocycles. The van der Waals surface area contributed by atoms with Gasteiger partial charge in [0, 0.05) is 0 Å². The Kier molecular flexibility index (Phi) is 8.75. The minimum absolute atomic E-state index is 0.122. The molecular formula is C16H28O. The van der Waals surface area contributed by atoms with Gasteiger partial charge < -0.3 is 0 Å². The van der Waals surface area contributed by atoms with Crippen molar-refractivity contribution in [3.63, 3.8) is 0 Å². The number of hydrogen-bond donors (Lipinski definition) is 0. The summed E-state index contributed by atoms with van der Waals surface area (Å²) in [4.78, 5) is 10.8. The van der Waals surface area contributed by atoms with Crippen LogP contribution < -0.4 is 0 Å². The van der Waals surface area contributed by atoms with Gasteiger partial charge in [0.05, 0.1) is 0 Å². The van der Waals surface area contributed by atoms with Gasteiger partial charge in [-0.1, -0.05) is 52.2 Å². The Labute approximate surface area is 107 Å². The average Bonchev–Trinajstić information content (AvgIpc) is 2.15. The highest BCUT2D eigenvalue weighted by molar-refractivity contribution is 5.88. The molecule has 1 atom stereocenters. The van der Waals surface area contributed by atoms with E-state index in [0.29, 0.717) is 0 Å². The van der Waals surface area contributed by atoms with E-state index in [9.17, 15) is 4.79 Å². The lowest BCUT2D eigenvalue weighted by atomic mass is 9.97. The molecule has 0 spiro atoms. The second-order valence-corrected chi connectivity index (χ2v) is 5.57. The first kappa shape index (κ1) is 16.1. The van der Waals surface area contributed by atoms with E-state index >= 15 is 0 Å². The Balaban J connectivity index is 3.79. The smallest absolute Gasteiger partial charge is 0.152 e. The minimum atomic E-state index is 0.122. The zero-order valence-corrected chi connectivity index (χ0v) is 12.1. The Hall–Kier alpha value is -0.850. The summed E-state index contributed by atoms with van der Waals surface area (Å²) in [6.07, 6.45) is 11.0. The molecule has 98 valence electrons. The van der Waals surface area contributed by atoms with Gasteiger partial charge in [-0.3, -0.25) is 4.79 Å². The third-order valence-electron chi connectivity index (χ3n) is 2.83. The zero-order chi connectivity index (χ0) is 13.3. The molecule has 0 fully saturated rings. The van der Waals surface area contributed by atoms with Crippen molar-refractivity contribution in [1.29, 1.82) is 0 Å². The maximum absolute atomic E-state index is 10.8. The molecule has 0 amide bonds. The van der Waals surface area contributed by atoms with Crippen LogP contribution >= 0.6 is 0 Å². The Bertz CT molecular complexity index is 271. The van der Waals surface area contributed by atoms with E-state index in [2.05, 4.69) is 32.9 Å². The molecule has 0 aromatic carbocycles. The van der Waals surface area contributed by atoms with Crippen LogP contribution in [0.25, 0.3) is 0 Å². The largest absolute Gasteiger partial charge is 0.295 e. The first-order chi connectivity index (χ1) is 7.91. The molecular weight excluding hydrogens is 208 g/mol. The fourth-order valence-corrected chi connectivity index (χ4v) is 1.85. The number of hydrogen-bond acceptors (Lipinski definition) is 1. The van der Waals surface area contributed by atoms with Crippen molar-refractivity contribution in [2.75, 3.05) is 0 Å². The van der Waals surface area contributed by atoms with Crippen LogP contribution in [0.15, 0.2) is 23.8 Å². The van der Waals surface area contributed by atoms with Gasteiger partial charge in [0.2, 0.25) is 0 Å². The van der Waals surface area contributed by atoms with E-state index in [1.807, 2.05) is 6.92 Å². The summed E-state index contributed by atoms with van der Waals surface area (Å²) >= 11 is 0. The Morgan fingerprint density at radius 2 is 1.76 bits per heavy atom. The number of allylic oxidation sites excluding steroid dienone is 4. The van der Waals surface area contributed by atoms with Gasteiger partial charge in [0.25, 0.3) is 0 Å². The molecule has 0 heterocycles. The van der Waals surface area contributed by atoms with Crippen molar-refractivity contribution in [3.8, 4) is 0 Å². The van der Waals surface area contributed by atoms with Crippen LogP contribution in [0, 0.1) is 11.8 Å². The van der Waals surface area contributed by atoms with Crippen molar-refractivity contribution in [3.05, 3.63) is 23.8 Å². The molecule has 0 N–H and O–H groups in total. The highest BCUT2D eigenvalue weighted by atomic mass is 16.1. The van der Waals surface area contributed by atoms with Crippen LogP contribution in [0.4, 0.5) is 0 Å². The van der Waals surface area contributed by atoms with Gasteiger partial charge in [0.15, 0.2) is 5.78 Å². The standard InChI is InChI=1S/C16H28O/c1-13(2)8-6-9-14(3)10-7-11-15(4)12-16(5)17/h7,11-14H,6,8-10H2,1-5H3/b11-7+,15-12+. The third kappa shape index (κ3) is 11.4. The summed E-state index contributed by atoms with van der Waals surface area (Å²) in [5.41, 5.74) is 1.05. The summed E-state index contributed by atoms with van der Waals surface area (Å²) in [5, 5.41) is 0. The predicted octanol–water partition coefficient (Wildman–Crippen LogP) is 4.93. The summed E-state index contributed by atoms with van der Waals surface area (Å²) in [6, 6.07) is 0. The van der Waals surface area contributed by atoms with Gasteiger partial charge in [-0.05, 0) is 43.8 Å². The topological polar surface area (TPSA) is 17.1 Å². The van der Waals surface area contributed by atoms with Crippen LogP contribution in [-0.2, 0) is 4.79 Å². The fourth-order valence-electron chi connectivity index (χ4n) is 1.85. The maximum Gasteiger partial charge on any atom is 0.152 e. The van der Waals surface area contributed by atoms with Crippen LogP contribution in [0.2, 0.25) is 0 Å². The average molecular weight is 236 g/mol. The monoisotopic (exact) mass is 236 g/mol. The molecule has 0 bridgehead atoms. The molecule has 1 heteroatoms. The van der Waals surface area contributed by atoms with Gasteiger partial charge in [-0.15, -0.1) is 0 Å². The van der Waals surface area contributed by atoms with E-state index in [1.54, 1.807) is 13.0 Å². The molecule has 0 saturated carbocycles. The molecule has 1 nitrogen and oxygen atoms in total. The lowest BCUT2D eigenvalue weighted by Crippen LogP contribution is -1.95. The van der Waals surface area contributed by atoms with Gasteiger partial charge in [-0.25, -0.2) is 0 Å². The second kappa shape index (κ2) is 9.21. The first-order valence-electron chi connectivity index (χ1n) is 6.77. The van der Waals surface area contributed by atoms with Crippen molar-refractivity contribution < 1.29 is 4.79 Å². The van der Waals surface area contributed by atoms with E-state index in [0.717, 1.165) is 23.8 Å². The van der Waals surface area contributed by atoms with Crippen molar-refractivity contribution in [2.24, 2.45) is 11.8 Å². The molecule has 0 aromatic heterocycles. The Morgan fingerprint density at radius 1 is 1.12 bits per heavy atom. The molecule has 0 aliphatic carbocycles. The number of ketones is 1. The van der Waals surface area contributed by atoms with Crippen LogP contribution in [0.5, 0.6) is 0 Å². The quantitative estimate of drug-likeness (QED) is 0.431. The number of rotatable bonds is 8. The molecule has 0 aliphatic rings. The second-order valence-electron chi connectivity index (χ2n) is 5.57. The van der Waals surface area contributed by atoms with Crippen LogP contribution in [-0.4, -0.2) is 5.78 Å². The normalized spacial score (nSPS) is 14.6. The third-order valence-corrected chi connectivity index (χ3v) is 2.83. The first-order valence-corrected chi connectivity index (χ1v) is 6.77. The highest BCUT2D eigenvalue weighted by Gasteiger charge is 2.01. The van der Waals surface area contributed by atoms with E-state index in [1.165, 1.54) is 19.3 Å². The fraction of sp³-hybridized carbons (Fsp3) is 0.688. The predicted molar refractivity (Wildman–Crippen MR) is 76.0 cm³/mol. The molecule has 0 aromatic rings.